The van der Waals surface area contributed by atoms with Gasteiger partial charge < -0.3 is 25.4 Å². The third-order valence-electron chi connectivity index (χ3n) is 5.68. The van der Waals surface area contributed by atoms with Crippen molar-refractivity contribution < 1.29 is 14.3 Å². The van der Waals surface area contributed by atoms with Gasteiger partial charge in [-0.3, -0.25) is 4.79 Å². The van der Waals surface area contributed by atoms with Crippen molar-refractivity contribution in [2.24, 2.45) is 5.92 Å². The molecule has 166 valence electrons. The van der Waals surface area contributed by atoms with Crippen LogP contribution in [0.4, 0.5) is 11.6 Å². The van der Waals surface area contributed by atoms with Gasteiger partial charge in [0, 0.05) is 44.6 Å². The van der Waals surface area contributed by atoms with Gasteiger partial charge in [-0.2, -0.15) is 0 Å². The van der Waals surface area contributed by atoms with Crippen molar-refractivity contribution in [1.29, 1.82) is 0 Å². The molecule has 0 bridgehead atoms. The van der Waals surface area contributed by atoms with E-state index in [1.807, 2.05) is 18.2 Å². The normalized spacial score (nSPS) is 22.1. The summed E-state index contributed by atoms with van der Waals surface area (Å²) in [5, 5.41) is 9.91. The number of nitrogens with zero attached hydrogens (tertiary/aromatic N) is 2. The molecule has 0 radical (unpaired) electrons. The fraction of sp³-hybridized carbons (Fsp3) is 0.500. The van der Waals surface area contributed by atoms with Crippen LogP contribution in [-0.2, 0) is 14.3 Å². The molecule has 4 rings (SSSR count). The van der Waals surface area contributed by atoms with Gasteiger partial charge in [-0.25, -0.2) is 9.97 Å². The topological polar surface area (TPSA) is 97.4 Å². The number of carbonyl (C=O) groups excluding carboxylic acids is 1. The first-order chi connectivity index (χ1) is 15.0. The molecule has 1 unspecified atom stereocenters. The van der Waals surface area contributed by atoms with Crippen molar-refractivity contribution in [2.45, 2.75) is 25.4 Å². The van der Waals surface area contributed by atoms with Crippen LogP contribution >= 0.6 is 11.6 Å². The summed E-state index contributed by atoms with van der Waals surface area (Å²) in [5.41, 5.74) is 0.475. The summed E-state index contributed by atoms with van der Waals surface area (Å²) in [5.74, 6) is 1.53. The zero-order chi connectivity index (χ0) is 21.7. The molecule has 0 saturated carbocycles. The minimum Gasteiger partial charge on any atom is -0.381 e. The fourth-order valence-corrected chi connectivity index (χ4v) is 3.91. The zero-order valence-corrected chi connectivity index (χ0v) is 18.4. The molecule has 2 aromatic rings. The third-order valence-corrected chi connectivity index (χ3v) is 5.98. The molecule has 31 heavy (non-hydrogen) atoms. The van der Waals surface area contributed by atoms with Gasteiger partial charge in [0.2, 0.25) is 0 Å². The minimum atomic E-state index is -0.939. The van der Waals surface area contributed by atoms with Crippen LogP contribution in [0.5, 0.6) is 0 Å². The van der Waals surface area contributed by atoms with Crippen molar-refractivity contribution in [3.8, 4) is 11.3 Å². The van der Waals surface area contributed by atoms with Crippen molar-refractivity contribution in [3.63, 3.8) is 0 Å². The van der Waals surface area contributed by atoms with Crippen LogP contribution in [0, 0.1) is 5.92 Å². The highest BCUT2D eigenvalue weighted by Crippen LogP contribution is 2.29. The average molecular weight is 446 g/mol. The predicted molar refractivity (Wildman–Crippen MR) is 120 cm³/mol. The van der Waals surface area contributed by atoms with E-state index in [2.05, 4.69) is 20.9 Å². The van der Waals surface area contributed by atoms with Crippen molar-refractivity contribution in [2.75, 3.05) is 50.1 Å². The molecule has 0 aliphatic carbocycles. The van der Waals surface area contributed by atoms with Gasteiger partial charge >= 0.3 is 0 Å². The maximum atomic E-state index is 12.7. The second-order valence-corrected chi connectivity index (χ2v) is 8.51. The molecule has 2 aromatic heterocycles. The molecule has 3 N–H and O–H groups in total. The summed E-state index contributed by atoms with van der Waals surface area (Å²) < 4.78 is 11.1. The highest BCUT2D eigenvalue weighted by molar-refractivity contribution is 6.33. The Morgan fingerprint density at radius 1 is 1.29 bits per heavy atom. The Balaban J connectivity index is 1.47. The van der Waals surface area contributed by atoms with Gasteiger partial charge in [-0.05, 0) is 43.9 Å². The number of amides is 1. The van der Waals surface area contributed by atoms with Gasteiger partial charge in [-0.1, -0.05) is 17.7 Å². The lowest BCUT2D eigenvalue weighted by Crippen LogP contribution is -2.55. The number of hydrogen-bond donors (Lipinski definition) is 3. The van der Waals surface area contributed by atoms with Crippen molar-refractivity contribution in [1.82, 2.24) is 15.3 Å². The van der Waals surface area contributed by atoms with Crippen LogP contribution in [0.25, 0.3) is 11.3 Å². The summed E-state index contributed by atoms with van der Waals surface area (Å²) in [6.45, 7) is 5.93. The molecule has 0 aromatic carbocycles. The summed E-state index contributed by atoms with van der Waals surface area (Å²) in [6, 6.07) is 7.51. The number of anilines is 2. The van der Waals surface area contributed by atoms with Crippen molar-refractivity contribution in [3.05, 3.63) is 35.5 Å². The number of pyridine rings is 2. The number of hydrogen-bond acceptors (Lipinski definition) is 7. The monoisotopic (exact) mass is 445 g/mol. The standard InChI is InChI=1S/C22H28ClN5O3/c1-22(14-24-7-10-31-22)21(29)28-20-11-16(17(23)13-26-20)18-3-2-4-19(27-18)25-12-15-5-8-30-9-6-15/h2-4,11,13,15,24H,5-10,12,14H2,1H3,(H,25,27)(H,26,28,29). The maximum absolute atomic E-state index is 12.7. The van der Waals surface area contributed by atoms with Crippen LogP contribution in [0.3, 0.4) is 0 Å². The number of carbonyl (C=O) groups is 1. The van der Waals surface area contributed by atoms with E-state index >= 15 is 0 Å². The van der Waals surface area contributed by atoms with E-state index in [0.29, 0.717) is 41.2 Å². The zero-order valence-electron chi connectivity index (χ0n) is 17.6. The number of morpholine rings is 1. The minimum absolute atomic E-state index is 0.250. The van der Waals surface area contributed by atoms with E-state index in [-0.39, 0.29) is 5.91 Å². The SMILES string of the molecule is CC1(C(=O)Nc2cc(-c3cccc(NCC4CCOCC4)n3)c(Cl)cn2)CNCCO1. The Kier molecular flexibility index (Phi) is 7.02. The van der Waals surface area contributed by atoms with Crippen LogP contribution < -0.4 is 16.0 Å². The Bertz CT molecular complexity index is 914. The number of halogens is 1. The average Bonchev–Trinajstić information content (AvgIpc) is 2.80. The van der Waals surface area contributed by atoms with Gasteiger partial charge in [0.1, 0.15) is 11.6 Å². The second kappa shape index (κ2) is 9.91. The third kappa shape index (κ3) is 5.51. The quantitative estimate of drug-likeness (QED) is 0.628. The smallest absolute Gasteiger partial charge is 0.258 e. The van der Waals surface area contributed by atoms with Crippen LogP contribution in [0.15, 0.2) is 30.5 Å². The van der Waals surface area contributed by atoms with Gasteiger partial charge in [0.05, 0.1) is 17.3 Å². The van der Waals surface area contributed by atoms with E-state index in [9.17, 15) is 4.79 Å². The van der Waals surface area contributed by atoms with E-state index in [1.165, 1.54) is 6.20 Å². The van der Waals surface area contributed by atoms with E-state index in [0.717, 1.165) is 45.0 Å². The van der Waals surface area contributed by atoms with E-state index < -0.39 is 5.60 Å². The van der Waals surface area contributed by atoms with Crippen LogP contribution in [-0.4, -0.2) is 60.9 Å². The van der Waals surface area contributed by atoms with Gasteiger partial charge in [0.25, 0.3) is 5.91 Å². The molecular formula is C22H28ClN5O3. The molecule has 1 atom stereocenters. The second-order valence-electron chi connectivity index (χ2n) is 8.10. The maximum Gasteiger partial charge on any atom is 0.258 e. The Morgan fingerprint density at radius 2 is 2.13 bits per heavy atom. The van der Waals surface area contributed by atoms with E-state index in [4.69, 9.17) is 26.1 Å². The van der Waals surface area contributed by atoms with Crippen molar-refractivity contribution >= 4 is 29.1 Å². The van der Waals surface area contributed by atoms with Gasteiger partial charge in [-0.15, -0.1) is 0 Å². The molecule has 2 saturated heterocycles. The first-order valence-corrected chi connectivity index (χ1v) is 11.0. The molecular weight excluding hydrogens is 418 g/mol. The fourth-order valence-electron chi connectivity index (χ4n) is 3.71. The highest BCUT2D eigenvalue weighted by atomic mass is 35.5. The Hall–Kier alpha value is -2.26. The summed E-state index contributed by atoms with van der Waals surface area (Å²) in [4.78, 5) is 21.7. The summed E-state index contributed by atoms with van der Waals surface area (Å²) >= 11 is 6.41. The lowest BCUT2D eigenvalue weighted by molar-refractivity contribution is -0.142. The van der Waals surface area contributed by atoms with E-state index in [1.54, 1.807) is 13.0 Å². The highest BCUT2D eigenvalue weighted by Gasteiger charge is 2.36. The molecule has 2 aliphatic heterocycles. The molecule has 9 heteroatoms. The molecule has 0 spiro atoms. The summed E-state index contributed by atoms with van der Waals surface area (Å²) in [6.07, 6.45) is 3.65. The lowest BCUT2D eigenvalue weighted by atomic mass is 10.0. The molecule has 1 amide bonds. The number of nitrogens with one attached hydrogen (secondary N) is 3. The number of aromatic nitrogens is 2. The summed E-state index contributed by atoms with van der Waals surface area (Å²) in [7, 11) is 0. The molecule has 2 fully saturated rings. The number of ether oxygens (including phenoxy) is 2. The molecule has 8 nitrogen and oxygen atoms in total. The van der Waals surface area contributed by atoms with Gasteiger partial charge in [0.15, 0.2) is 5.60 Å². The largest absolute Gasteiger partial charge is 0.381 e. The predicted octanol–water partition coefficient (Wildman–Crippen LogP) is 2.95. The lowest BCUT2D eigenvalue weighted by Gasteiger charge is -2.32. The Morgan fingerprint density at radius 3 is 2.90 bits per heavy atom. The molecule has 4 heterocycles. The van der Waals surface area contributed by atoms with Crippen LogP contribution in [0.1, 0.15) is 19.8 Å². The van der Waals surface area contributed by atoms with Crippen LogP contribution in [0.2, 0.25) is 5.02 Å². The first-order valence-electron chi connectivity index (χ1n) is 10.6. The number of rotatable bonds is 6. The first kappa shape index (κ1) is 22.0. The molecule has 2 aliphatic rings. The Labute approximate surface area is 187 Å².